The molecular weight excluding hydrogens is 305 g/mol. The fraction of sp³-hybridized carbons (Fsp3) is 0.647. The van der Waals surface area contributed by atoms with Crippen LogP contribution in [0.3, 0.4) is 0 Å². The first-order chi connectivity index (χ1) is 10.1. The third-order valence-electron chi connectivity index (χ3n) is 5.02. The lowest BCUT2D eigenvalue weighted by Gasteiger charge is -2.32. The van der Waals surface area contributed by atoms with Gasteiger partial charge < -0.3 is 10.1 Å². The molecule has 2 nitrogen and oxygen atoms in total. The number of rotatable bonds is 7. The first-order valence-electron chi connectivity index (χ1n) is 7.75. The van der Waals surface area contributed by atoms with Crippen LogP contribution in [-0.4, -0.2) is 26.8 Å². The monoisotopic (exact) mass is 327 g/mol. The van der Waals surface area contributed by atoms with Crippen molar-refractivity contribution in [1.82, 2.24) is 5.32 Å². The number of hydrogen-bond acceptors (Lipinski definition) is 2. The van der Waals surface area contributed by atoms with Gasteiger partial charge in [-0.25, -0.2) is 0 Å². The van der Waals surface area contributed by atoms with Crippen LogP contribution in [0.15, 0.2) is 18.2 Å². The molecule has 0 saturated heterocycles. The largest absolute Gasteiger partial charge is 0.383 e. The molecule has 0 radical (unpaired) electrons. The van der Waals surface area contributed by atoms with Crippen molar-refractivity contribution in [2.24, 2.45) is 17.3 Å². The molecule has 3 rings (SSSR count). The second-order valence-corrected chi connectivity index (χ2v) is 7.59. The van der Waals surface area contributed by atoms with E-state index in [9.17, 15) is 0 Å². The molecule has 1 N–H and O–H groups in total. The number of hydrogen-bond donors (Lipinski definition) is 1. The Kier molecular flexibility index (Phi) is 4.80. The van der Waals surface area contributed by atoms with Crippen LogP contribution in [0.4, 0.5) is 0 Å². The molecule has 0 amide bonds. The van der Waals surface area contributed by atoms with Crippen LogP contribution in [0.5, 0.6) is 0 Å². The predicted molar refractivity (Wildman–Crippen MR) is 88.2 cm³/mol. The van der Waals surface area contributed by atoms with Crippen LogP contribution in [0, 0.1) is 17.3 Å². The molecule has 1 aromatic carbocycles. The molecule has 2 fully saturated rings. The molecule has 2 saturated carbocycles. The van der Waals surface area contributed by atoms with E-state index in [1.165, 1.54) is 24.8 Å². The molecule has 2 aliphatic carbocycles. The fourth-order valence-corrected chi connectivity index (χ4v) is 4.35. The highest BCUT2D eigenvalue weighted by molar-refractivity contribution is 6.33. The van der Waals surface area contributed by atoms with Crippen LogP contribution in [-0.2, 0) is 11.2 Å². The van der Waals surface area contributed by atoms with Gasteiger partial charge in [-0.2, -0.15) is 0 Å². The Labute approximate surface area is 137 Å². The highest BCUT2D eigenvalue weighted by Crippen LogP contribution is 2.60. The van der Waals surface area contributed by atoms with Gasteiger partial charge in [-0.05, 0) is 66.7 Å². The van der Waals surface area contributed by atoms with Crippen molar-refractivity contribution in [2.45, 2.75) is 25.7 Å². The Morgan fingerprint density at radius 2 is 2.05 bits per heavy atom. The Balaban J connectivity index is 1.69. The standard InChI is InChI=1S/C17H23Cl2NO/c1-21-5-4-20-11-17(8-12-6-13(12)9-17)10-14-7-15(18)2-3-16(14)19/h2-3,7,12-13,20H,4-6,8-11H2,1H3. The topological polar surface area (TPSA) is 21.3 Å². The lowest BCUT2D eigenvalue weighted by atomic mass is 9.77. The van der Waals surface area contributed by atoms with Gasteiger partial charge in [0, 0.05) is 30.2 Å². The summed E-state index contributed by atoms with van der Waals surface area (Å²) < 4.78 is 5.12. The summed E-state index contributed by atoms with van der Waals surface area (Å²) in [5, 5.41) is 5.19. The highest BCUT2D eigenvalue weighted by Gasteiger charge is 2.53. The molecule has 116 valence electrons. The molecule has 1 aromatic rings. The molecule has 0 aromatic heterocycles. The lowest BCUT2D eigenvalue weighted by molar-refractivity contribution is 0.186. The van der Waals surface area contributed by atoms with E-state index >= 15 is 0 Å². The molecule has 21 heavy (non-hydrogen) atoms. The molecule has 2 unspecified atom stereocenters. The van der Waals surface area contributed by atoms with Crippen LogP contribution in [0.2, 0.25) is 10.0 Å². The normalized spacial score (nSPS) is 30.4. The SMILES string of the molecule is COCCNCC1(Cc2cc(Cl)ccc2Cl)CC2CC2C1. The summed E-state index contributed by atoms with van der Waals surface area (Å²) in [6, 6.07) is 5.81. The van der Waals surface area contributed by atoms with Crippen LogP contribution in [0.1, 0.15) is 24.8 Å². The summed E-state index contributed by atoms with van der Waals surface area (Å²) in [5.74, 6) is 1.90. The Bertz CT molecular complexity index is 496. The molecule has 0 heterocycles. The van der Waals surface area contributed by atoms with Crippen molar-refractivity contribution in [3.8, 4) is 0 Å². The zero-order chi connectivity index (χ0) is 14.9. The van der Waals surface area contributed by atoms with Gasteiger partial charge >= 0.3 is 0 Å². The highest BCUT2D eigenvalue weighted by atomic mass is 35.5. The quantitative estimate of drug-likeness (QED) is 0.758. The average Bonchev–Trinajstić information content (AvgIpc) is 3.07. The Hall–Kier alpha value is -0.280. The summed E-state index contributed by atoms with van der Waals surface area (Å²) in [6.45, 7) is 2.73. The second kappa shape index (κ2) is 6.45. The number of benzene rings is 1. The third-order valence-corrected chi connectivity index (χ3v) is 5.62. The van der Waals surface area contributed by atoms with Crippen molar-refractivity contribution in [2.75, 3.05) is 26.8 Å². The van der Waals surface area contributed by atoms with E-state index in [4.69, 9.17) is 27.9 Å². The maximum absolute atomic E-state index is 6.37. The minimum Gasteiger partial charge on any atom is -0.383 e. The summed E-state index contributed by atoms with van der Waals surface area (Å²) in [7, 11) is 1.74. The van der Waals surface area contributed by atoms with E-state index in [-0.39, 0.29) is 0 Å². The van der Waals surface area contributed by atoms with E-state index in [0.717, 1.165) is 48.0 Å². The van der Waals surface area contributed by atoms with Crippen LogP contribution in [0.25, 0.3) is 0 Å². The molecule has 0 spiro atoms. The second-order valence-electron chi connectivity index (χ2n) is 6.75. The Morgan fingerprint density at radius 1 is 1.29 bits per heavy atom. The first-order valence-corrected chi connectivity index (χ1v) is 8.51. The van der Waals surface area contributed by atoms with Gasteiger partial charge in [-0.15, -0.1) is 0 Å². The van der Waals surface area contributed by atoms with E-state index in [1.54, 1.807) is 7.11 Å². The van der Waals surface area contributed by atoms with Gasteiger partial charge in [0.25, 0.3) is 0 Å². The van der Waals surface area contributed by atoms with Crippen molar-refractivity contribution >= 4 is 23.2 Å². The zero-order valence-corrected chi connectivity index (χ0v) is 14.0. The number of halogens is 2. The minimum absolute atomic E-state index is 0.343. The summed E-state index contributed by atoms with van der Waals surface area (Å²) in [4.78, 5) is 0. The van der Waals surface area contributed by atoms with E-state index in [2.05, 4.69) is 5.32 Å². The third kappa shape index (κ3) is 3.73. The Morgan fingerprint density at radius 3 is 2.76 bits per heavy atom. The number of nitrogens with one attached hydrogen (secondary N) is 1. The minimum atomic E-state index is 0.343. The van der Waals surface area contributed by atoms with Gasteiger partial charge in [0.1, 0.15) is 0 Å². The molecule has 0 bridgehead atoms. The maximum Gasteiger partial charge on any atom is 0.0587 e. The number of methoxy groups -OCH3 is 1. The average molecular weight is 328 g/mol. The smallest absolute Gasteiger partial charge is 0.0587 e. The van der Waals surface area contributed by atoms with Crippen molar-refractivity contribution in [3.05, 3.63) is 33.8 Å². The number of fused-ring (bicyclic) bond motifs is 1. The summed E-state index contributed by atoms with van der Waals surface area (Å²) in [5.41, 5.74) is 1.54. The van der Waals surface area contributed by atoms with Gasteiger partial charge in [-0.1, -0.05) is 23.2 Å². The first kappa shape index (κ1) is 15.6. The van der Waals surface area contributed by atoms with Gasteiger partial charge in [0.15, 0.2) is 0 Å². The van der Waals surface area contributed by atoms with Crippen LogP contribution >= 0.6 is 23.2 Å². The van der Waals surface area contributed by atoms with Crippen molar-refractivity contribution in [1.29, 1.82) is 0 Å². The van der Waals surface area contributed by atoms with E-state index in [0.29, 0.717) is 5.41 Å². The molecular formula is C17H23Cl2NO. The molecule has 4 heteroatoms. The summed E-state index contributed by atoms with van der Waals surface area (Å²) in [6.07, 6.45) is 5.10. The van der Waals surface area contributed by atoms with Gasteiger partial charge in [0.2, 0.25) is 0 Å². The van der Waals surface area contributed by atoms with Crippen molar-refractivity contribution in [3.63, 3.8) is 0 Å². The predicted octanol–water partition coefficient (Wildman–Crippen LogP) is 4.19. The molecule has 2 atom stereocenters. The van der Waals surface area contributed by atoms with Crippen LogP contribution < -0.4 is 5.32 Å². The number of ether oxygens (including phenoxy) is 1. The van der Waals surface area contributed by atoms with Crippen molar-refractivity contribution < 1.29 is 4.74 Å². The maximum atomic E-state index is 6.37. The lowest BCUT2D eigenvalue weighted by Crippen LogP contribution is -2.36. The zero-order valence-electron chi connectivity index (χ0n) is 12.5. The fourth-order valence-electron chi connectivity index (χ4n) is 3.97. The van der Waals surface area contributed by atoms with Gasteiger partial charge in [-0.3, -0.25) is 0 Å². The summed E-state index contributed by atoms with van der Waals surface area (Å²) >= 11 is 12.5. The van der Waals surface area contributed by atoms with E-state index in [1.807, 2.05) is 18.2 Å². The van der Waals surface area contributed by atoms with Gasteiger partial charge in [0.05, 0.1) is 6.61 Å². The van der Waals surface area contributed by atoms with E-state index < -0.39 is 0 Å². The molecule has 0 aliphatic heterocycles. The molecule has 2 aliphatic rings.